The van der Waals surface area contributed by atoms with Gasteiger partial charge in [0, 0.05) is 35.7 Å². The summed E-state index contributed by atoms with van der Waals surface area (Å²) >= 11 is 0. The summed E-state index contributed by atoms with van der Waals surface area (Å²) in [5.41, 5.74) is 4.66. The molecule has 0 spiro atoms. The summed E-state index contributed by atoms with van der Waals surface area (Å²) in [6.07, 6.45) is 4.18. The van der Waals surface area contributed by atoms with Gasteiger partial charge in [-0.2, -0.15) is 5.26 Å². The number of rotatable bonds is 1. The molecule has 3 rings (SSSR count). The zero-order valence-electron chi connectivity index (χ0n) is 17.2. The van der Waals surface area contributed by atoms with E-state index in [4.69, 9.17) is 4.98 Å². The molecule has 0 fully saturated rings. The third kappa shape index (κ3) is 3.18. The topological polar surface area (TPSA) is 41.6 Å². The number of benzene rings is 1. The summed E-state index contributed by atoms with van der Waals surface area (Å²) in [7, 11) is 0. The highest BCUT2D eigenvalue weighted by atomic mass is 15.1. The molecule has 0 N–H and O–H groups in total. The summed E-state index contributed by atoms with van der Waals surface area (Å²) < 4.78 is 2.46. The van der Waals surface area contributed by atoms with Gasteiger partial charge in [-0.25, -0.2) is 4.98 Å². The second kappa shape index (κ2) is 6.27. The van der Waals surface area contributed by atoms with E-state index in [2.05, 4.69) is 77.4 Å². The number of fused-ring (bicyclic) bond motifs is 1. The zero-order chi connectivity index (χ0) is 19.3. The Morgan fingerprint density at radius 3 is 2.38 bits per heavy atom. The molecule has 26 heavy (non-hydrogen) atoms. The Morgan fingerprint density at radius 2 is 1.81 bits per heavy atom. The molecule has 0 saturated carbocycles. The Labute approximate surface area is 158 Å². The van der Waals surface area contributed by atoms with E-state index in [9.17, 15) is 5.26 Å². The number of imidazole rings is 1. The Bertz CT molecular complexity index is 853. The first-order valence-electron chi connectivity index (χ1n) is 9.65. The molecule has 1 aliphatic rings. The number of aromatic nitrogens is 2. The number of hydrogen-bond donors (Lipinski definition) is 0. The summed E-state index contributed by atoms with van der Waals surface area (Å²) in [5.74, 6) is 1.66. The maximum atomic E-state index is 9.50. The summed E-state index contributed by atoms with van der Waals surface area (Å²) in [5, 5.41) is 9.50. The van der Waals surface area contributed by atoms with Gasteiger partial charge in [0.15, 0.2) is 0 Å². The van der Waals surface area contributed by atoms with Gasteiger partial charge in [-0.15, -0.1) is 0 Å². The first-order chi connectivity index (χ1) is 12.0. The number of nitriles is 1. The first-order valence-corrected chi connectivity index (χ1v) is 9.65. The van der Waals surface area contributed by atoms with Crippen LogP contribution in [0, 0.1) is 11.3 Å². The van der Waals surface area contributed by atoms with Crippen LogP contribution in [0.25, 0.3) is 0 Å². The van der Waals surface area contributed by atoms with Crippen molar-refractivity contribution in [1.29, 1.82) is 5.26 Å². The van der Waals surface area contributed by atoms with Crippen LogP contribution in [-0.4, -0.2) is 9.55 Å². The van der Waals surface area contributed by atoms with Crippen molar-refractivity contribution in [1.82, 2.24) is 9.55 Å². The summed E-state index contributed by atoms with van der Waals surface area (Å²) in [6.45, 7) is 15.6. The van der Waals surface area contributed by atoms with E-state index in [-0.39, 0.29) is 10.8 Å². The molecule has 2 heterocycles. The molecule has 2 atom stereocenters. The summed E-state index contributed by atoms with van der Waals surface area (Å²) in [6, 6.07) is 9.19. The second-order valence-corrected chi connectivity index (χ2v) is 9.73. The molecular weight excluding hydrogens is 318 g/mol. The van der Waals surface area contributed by atoms with Crippen molar-refractivity contribution in [2.24, 2.45) is 0 Å². The van der Waals surface area contributed by atoms with E-state index in [0.717, 1.165) is 24.0 Å². The van der Waals surface area contributed by atoms with Crippen molar-refractivity contribution < 1.29 is 0 Å². The molecule has 1 aromatic heterocycles. The fourth-order valence-corrected chi connectivity index (χ4v) is 4.25. The van der Waals surface area contributed by atoms with Gasteiger partial charge in [-0.05, 0) is 36.0 Å². The van der Waals surface area contributed by atoms with E-state index in [1.165, 1.54) is 17.1 Å². The van der Waals surface area contributed by atoms with Gasteiger partial charge in [-0.1, -0.05) is 53.7 Å². The molecule has 0 aliphatic carbocycles. The lowest BCUT2D eigenvalue weighted by Gasteiger charge is -2.36. The van der Waals surface area contributed by atoms with Gasteiger partial charge >= 0.3 is 0 Å². The van der Waals surface area contributed by atoms with Gasteiger partial charge < -0.3 is 4.57 Å². The molecule has 0 radical (unpaired) electrons. The van der Waals surface area contributed by atoms with Crippen LogP contribution >= 0.6 is 0 Å². The zero-order valence-corrected chi connectivity index (χ0v) is 17.2. The van der Waals surface area contributed by atoms with Gasteiger partial charge in [0.05, 0.1) is 11.6 Å². The fraction of sp³-hybridized carbons (Fsp3) is 0.565. The lowest BCUT2D eigenvalue weighted by Crippen LogP contribution is -2.29. The second-order valence-electron chi connectivity index (χ2n) is 9.73. The molecule has 3 nitrogen and oxygen atoms in total. The lowest BCUT2D eigenvalue weighted by molar-refractivity contribution is 0.343. The highest BCUT2D eigenvalue weighted by Crippen LogP contribution is 2.42. The fourth-order valence-electron chi connectivity index (χ4n) is 4.25. The average Bonchev–Trinajstić information content (AvgIpc) is 2.99. The van der Waals surface area contributed by atoms with Crippen LogP contribution in [0.4, 0.5) is 0 Å². The van der Waals surface area contributed by atoms with Crippen LogP contribution < -0.4 is 0 Å². The standard InChI is InChI=1S/C23H31N3/c1-15-18(10-11-21-25-14-20(26(15)21)23(5,6)7)16-8-9-17(13-24)19(12-16)22(2,3)4/h8-9,12,14-15,18H,10-11H2,1-7H3. The highest BCUT2D eigenvalue weighted by Gasteiger charge is 2.33. The maximum Gasteiger partial charge on any atom is 0.109 e. The van der Waals surface area contributed by atoms with E-state index in [0.29, 0.717) is 12.0 Å². The van der Waals surface area contributed by atoms with E-state index >= 15 is 0 Å². The molecule has 1 aromatic carbocycles. The molecule has 138 valence electrons. The van der Waals surface area contributed by atoms with Crippen LogP contribution in [0.2, 0.25) is 0 Å². The predicted molar refractivity (Wildman–Crippen MR) is 107 cm³/mol. The Morgan fingerprint density at radius 1 is 1.12 bits per heavy atom. The van der Waals surface area contributed by atoms with Crippen LogP contribution in [0.1, 0.15) is 95.1 Å². The van der Waals surface area contributed by atoms with Crippen molar-refractivity contribution >= 4 is 0 Å². The SMILES string of the molecule is CC1C(c2ccc(C#N)c(C(C)(C)C)c2)CCc2ncc(C(C)(C)C)n21. The van der Waals surface area contributed by atoms with E-state index < -0.39 is 0 Å². The molecule has 2 aromatic rings. The average molecular weight is 350 g/mol. The Hall–Kier alpha value is -2.08. The minimum Gasteiger partial charge on any atom is -0.328 e. The first kappa shape index (κ1) is 18.7. The largest absolute Gasteiger partial charge is 0.328 e. The van der Waals surface area contributed by atoms with Gasteiger partial charge in [-0.3, -0.25) is 0 Å². The summed E-state index contributed by atoms with van der Waals surface area (Å²) in [4.78, 5) is 4.71. The van der Waals surface area contributed by atoms with Crippen LogP contribution in [-0.2, 0) is 17.3 Å². The van der Waals surface area contributed by atoms with Crippen molar-refractivity contribution in [2.75, 3.05) is 0 Å². The molecule has 2 unspecified atom stereocenters. The molecular formula is C23H31N3. The smallest absolute Gasteiger partial charge is 0.109 e. The number of aryl methyl sites for hydroxylation is 1. The predicted octanol–water partition coefficient (Wildman–Crippen LogP) is 5.64. The normalized spacial score (nSPS) is 20.5. The van der Waals surface area contributed by atoms with Crippen molar-refractivity contribution in [2.45, 2.75) is 84.1 Å². The van der Waals surface area contributed by atoms with Gasteiger partial charge in [0.1, 0.15) is 5.82 Å². The van der Waals surface area contributed by atoms with Crippen molar-refractivity contribution in [3.8, 4) is 6.07 Å². The number of hydrogen-bond acceptors (Lipinski definition) is 2. The number of nitrogens with zero attached hydrogens (tertiary/aromatic N) is 3. The van der Waals surface area contributed by atoms with E-state index in [1.807, 2.05) is 6.07 Å². The van der Waals surface area contributed by atoms with Gasteiger partial charge in [0.25, 0.3) is 0 Å². The quantitative estimate of drug-likeness (QED) is 0.668. The lowest BCUT2D eigenvalue weighted by atomic mass is 9.78. The molecule has 0 saturated heterocycles. The minimum atomic E-state index is -0.0320. The van der Waals surface area contributed by atoms with Crippen LogP contribution in [0.5, 0.6) is 0 Å². The Kier molecular flexibility index (Phi) is 4.51. The molecule has 3 heteroatoms. The van der Waals surface area contributed by atoms with Crippen LogP contribution in [0.15, 0.2) is 24.4 Å². The van der Waals surface area contributed by atoms with Crippen LogP contribution in [0.3, 0.4) is 0 Å². The highest BCUT2D eigenvalue weighted by molar-refractivity contribution is 5.45. The molecule has 1 aliphatic heterocycles. The van der Waals surface area contributed by atoms with Gasteiger partial charge in [0.2, 0.25) is 0 Å². The van der Waals surface area contributed by atoms with E-state index in [1.54, 1.807) is 0 Å². The monoisotopic (exact) mass is 349 g/mol. The van der Waals surface area contributed by atoms with Crippen molar-refractivity contribution in [3.05, 3.63) is 52.6 Å². The third-order valence-corrected chi connectivity index (χ3v) is 5.71. The third-order valence-electron chi connectivity index (χ3n) is 5.71. The minimum absolute atomic E-state index is 0.0320. The molecule has 0 bridgehead atoms. The molecule has 0 amide bonds. The Balaban J connectivity index is 2.05. The maximum absolute atomic E-state index is 9.50. The van der Waals surface area contributed by atoms with Crippen molar-refractivity contribution in [3.63, 3.8) is 0 Å².